The molecule has 0 aromatic heterocycles. The first-order valence-electron chi connectivity index (χ1n) is 9.19. The number of nitrogens with zero attached hydrogens (tertiary/aromatic N) is 1. The van der Waals surface area contributed by atoms with Gasteiger partial charge >= 0.3 is 0 Å². The lowest BCUT2D eigenvalue weighted by Gasteiger charge is -2.56. The van der Waals surface area contributed by atoms with E-state index >= 15 is 0 Å². The summed E-state index contributed by atoms with van der Waals surface area (Å²) in [5, 5.41) is 3.49. The summed E-state index contributed by atoms with van der Waals surface area (Å²) in [4.78, 5) is 14.7. The molecule has 5 saturated carbocycles. The topological polar surface area (TPSA) is 32.3 Å². The predicted octanol–water partition coefficient (Wildman–Crippen LogP) is 2.80. The average molecular weight is 290 g/mol. The van der Waals surface area contributed by atoms with Crippen molar-refractivity contribution in [3.63, 3.8) is 0 Å². The zero-order valence-electron chi connectivity index (χ0n) is 13.4. The summed E-state index contributed by atoms with van der Waals surface area (Å²) in [6.45, 7) is 0.559. The van der Waals surface area contributed by atoms with E-state index in [2.05, 4.69) is 17.3 Å². The van der Waals surface area contributed by atoms with Crippen LogP contribution in [-0.4, -0.2) is 36.5 Å². The van der Waals surface area contributed by atoms with Crippen molar-refractivity contribution < 1.29 is 4.79 Å². The fraction of sp³-hybridized carbons (Fsp3) is 0.944. The summed E-state index contributed by atoms with van der Waals surface area (Å²) in [6, 6.07) is 1.15. The molecular formula is C18H30N2O. The highest BCUT2D eigenvalue weighted by molar-refractivity contribution is 5.78. The molecule has 0 unspecified atom stereocenters. The van der Waals surface area contributed by atoms with Gasteiger partial charge in [-0.25, -0.2) is 0 Å². The molecule has 5 fully saturated rings. The second-order valence-electron chi connectivity index (χ2n) is 8.29. The first-order valence-corrected chi connectivity index (χ1v) is 9.19. The Morgan fingerprint density at radius 3 is 2.14 bits per heavy atom. The molecular weight excluding hydrogens is 260 g/mol. The lowest BCUT2D eigenvalue weighted by molar-refractivity contribution is -0.140. The average Bonchev–Trinajstić information content (AvgIpc) is 2.96. The van der Waals surface area contributed by atoms with Crippen molar-refractivity contribution in [1.29, 1.82) is 0 Å². The number of hydrogen-bond acceptors (Lipinski definition) is 2. The molecule has 5 aliphatic rings. The third-order valence-electron chi connectivity index (χ3n) is 6.91. The number of carbonyl (C=O) groups is 1. The molecule has 21 heavy (non-hydrogen) atoms. The van der Waals surface area contributed by atoms with E-state index in [1.807, 2.05) is 0 Å². The maximum atomic E-state index is 12.6. The van der Waals surface area contributed by atoms with Crippen LogP contribution in [0, 0.1) is 23.7 Å². The minimum atomic E-state index is 0.333. The summed E-state index contributed by atoms with van der Waals surface area (Å²) >= 11 is 0. The second-order valence-corrected chi connectivity index (χ2v) is 8.29. The maximum Gasteiger partial charge on any atom is 0.236 e. The number of nitrogens with one attached hydrogen (secondary N) is 1. The molecule has 1 amide bonds. The number of rotatable bonds is 4. The highest BCUT2D eigenvalue weighted by atomic mass is 16.2. The van der Waals surface area contributed by atoms with E-state index in [0.717, 1.165) is 23.7 Å². The molecule has 0 aliphatic heterocycles. The fourth-order valence-corrected chi connectivity index (χ4v) is 6.18. The van der Waals surface area contributed by atoms with E-state index in [4.69, 9.17) is 0 Å². The molecule has 0 aromatic carbocycles. The zero-order valence-corrected chi connectivity index (χ0v) is 13.4. The number of amides is 1. The Bertz CT molecular complexity index is 374. The normalized spacial score (nSPS) is 41.7. The minimum absolute atomic E-state index is 0.333. The third kappa shape index (κ3) is 2.62. The van der Waals surface area contributed by atoms with Gasteiger partial charge in [0.15, 0.2) is 0 Å². The maximum absolute atomic E-state index is 12.6. The first-order chi connectivity index (χ1) is 10.2. The molecule has 4 bridgehead atoms. The molecule has 3 heteroatoms. The zero-order chi connectivity index (χ0) is 14.4. The van der Waals surface area contributed by atoms with Gasteiger partial charge in [-0.2, -0.15) is 0 Å². The van der Waals surface area contributed by atoms with Crippen molar-refractivity contribution in [2.75, 3.05) is 13.6 Å². The number of carbonyl (C=O) groups excluding carboxylic acids is 1. The van der Waals surface area contributed by atoms with Crippen molar-refractivity contribution in [2.45, 2.75) is 69.9 Å². The summed E-state index contributed by atoms with van der Waals surface area (Å²) in [5.41, 5.74) is 0. The van der Waals surface area contributed by atoms with Crippen LogP contribution in [-0.2, 0) is 4.79 Å². The van der Waals surface area contributed by atoms with Crippen LogP contribution in [0.2, 0.25) is 0 Å². The molecule has 5 rings (SSSR count). The third-order valence-corrected chi connectivity index (χ3v) is 6.91. The predicted molar refractivity (Wildman–Crippen MR) is 83.9 cm³/mol. The first kappa shape index (κ1) is 14.0. The summed E-state index contributed by atoms with van der Waals surface area (Å²) < 4.78 is 0. The standard InChI is InChI=1S/C18H30N2O/c1-20(17(21)11-19-16-4-2-3-5-16)18-14-7-12-6-13(9-14)10-15(18)8-12/h12-16,18-19H,2-11H2,1H3. The van der Waals surface area contributed by atoms with E-state index in [1.54, 1.807) is 0 Å². The highest BCUT2D eigenvalue weighted by Gasteiger charge is 2.50. The van der Waals surface area contributed by atoms with Gasteiger partial charge in [-0.1, -0.05) is 12.8 Å². The summed E-state index contributed by atoms with van der Waals surface area (Å²) in [7, 11) is 2.07. The van der Waals surface area contributed by atoms with Crippen LogP contribution in [0.5, 0.6) is 0 Å². The van der Waals surface area contributed by atoms with E-state index < -0.39 is 0 Å². The Balaban J connectivity index is 1.35. The van der Waals surface area contributed by atoms with Crippen LogP contribution in [0.25, 0.3) is 0 Å². The largest absolute Gasteiger partial charge is 0.341 e. The van der Waals surface area contributed by atoms with Gasteiger partial charge in [-0.05, 0) is 68.6 Å². The molecule has 1 N–H and O–H groups in total. The van der Waals surface area contributed by atoms with Gasteiger partial charge in [0.05, 0.1) is 6.54 Å². The van der Waals surface area contributed by atoms with Gasteiger partial charge in [-0.15, -0.1) is 0 Å². The van der Waals surface area contributed by atoms with Crippen LogP contribution in [0.1, 0.15) is 57.8 Å². The molecule has 0 atom stereocenters. The van der Waals surface area contributed by atoms with E-state index in [9.17, 15) is 4.79 Å². The lowest BCUT2D eigenvalue weighted by atomic mass is 9.54. The molecule has 0 radical (unpaired) electrons. The van der Waals surface area contributed by atoms with Crippen LogP contribution in [0.3, 0.4) is 0 Å². The van der Waals surface area contributed by atoms with Crippen molar-refractivity contribution in [1.82, 2.24) is 10.2 Å². The van der Waals surface area contributed by atoms with Crippen LogP contribution < -0.4 is 5.32 Å². The SMILES string of the molecule is CN(C(=O)CNC1CCCC1)C1C2CC3CC(C2)CC1C3. The van der Waals surface area contributed by atoms with Crippen LogP contribution >= 0.6 is 0 Å². The Kier molecular flexibility index (Phi) is 3.72. The Hall–Kier alpha value is -0.570. The fourth-order valence-electron chi connectivity index (χ4n) is 6.18. The molecule has 0 saturated heterocycles. The van der Waals surface area contributed by atoms with Gasteiger partial charge < -0.3 is 10.2 Å². The smallest absolute Gasteiger partial charge is 0.236 e. The van der Waals surface area contributed by atoms with Crippen molar-refractivity contribution in [3.8, 4) is 0 Å². The highest BCUT2D eigenvalue weighted by Crippen LogP contribution is 2.54. The Morgan fingerprint density at radius 2 is 1.57 bits per heavy atom. The van der Waals surface area contributed by atoms with Gasteiger partial charge in [0.1, 0.15) is 0 Å². The van der Waals surface area contributed by atoms with Crippen molar-refractivity contribution in [2.24, 2.45) is 23.7 Å². The number of likely N-dealkylation sites (N-methyl/N-ethyl adjacent to an activating group) is 1. The van der Waals surface area contributed by atoms with E-state index in [0.29, 0.717) is 24.5 Å². The van der Waals surface area contributed by atoms with Gasteiger partial charge in [0.25, 0.3) is 0 Å². The monoisotopic (exact) mass is 290 g/mol. The van der Waals surface area contributed by atoms with Gasteiger partial charge in [0, 0.05) is 19.1 Å². The molecule has 118 valence electrons. The lowest BCUT2D eigenvalue weighted by Crippen LogP contribution is -2.57. The Labute approximate surface area is 128 Å². The van der Waals surface area contributed by atoms with E-state index in [-0.39, 0.29) is 0 Å². The minimum Gasteiger partial charge on any atom is -0.341 e. The molecule has 5 aliphatic carbocycles. The van der Waals surface area contributed by atoms with Crippen molar-refractivity contribution >= 4 is 5.91 Å². The summed E-state index contributed by atoms with van der Waals surface area (Å²) in [6.07, 6.45) is 12.2. The van der Waals surface area contributed by atoms with Crippen LogP contribution in [0.15, 0.2) is 0 Å². The molecule has 0 heterocycles. The van der Waals surface area contributed by atoms with Gasteiger partial charge in [0.2, 0.25) is 5.91 Å². The van der Waals surface area contributed by atoms with Crippen LogP contribution in [0.4, 0.5) is 0 Å². The molecule has 3 nitrogen and oxygen atoms in total. The van der Waals surface area contributed by atoms with E-state index in [1.165, 1.54) is 57.8 Å². The van der Waals surface area contributed by atoms with Crippen molar-refractivity contribution in [3.05, 3.63) is 0 Å². The number of hydrogen-bond donors (Lipinski definition) is 1. The Morgan fingerprint density at radius 1 is 1.00 bits per heavy atom. The molecule has 0 spiro atoms. The summed E-state index contributed by atoms with van der Waals surface area (Å²) in [5.74, 6) is 3.93. The molecule has 0 aromatic rings. The van der Waals surface area contributed by atoms with Gasteiger partial charge in [-0.3, -0.25) is 4.79 Å². The quantitative estimate of drug-likeness (QED) is 0.863. The second kappa shape index (κ2) is 5.57.